The highest BCUT2D eigenvalue weighted by molar-refractivity contribution is 7.20. The Bertz CT molecular complexity index is 1200. The number of urea groups is 2. The van der Waals surface area contributed by atoms with Crippen LogP contribution in [0.15, 0.2) is 48.9 Å². The zero-order chi connectivity index (χ0) is 24.8. The number of likely N-dealkylation sites (tertiary alicyclic amines) is 1. The molecule has 4 N–H and O–H groups in total. The third kappa shape index (κ3) is 6.29. The van der Waals surface area contributed by atoms with Crippen LogP contribution in [-0.4, -0.2) is 52.1 Å². The number of halogens is 1. The number of aromatic nitrogens is 2. The van der Waals surface area contributed by atoms with Gasteiger partial charge in [-0.2, -0.15) is 0 Å². The van der Waals surface area contributed by atoms with Gasteiger partial charge < -0.3 is 15.4 Å². The van der Waals surface area contributed by atoms with Crippen LogP contribution in [0.3, 0.4) is 0 Å². The molecule has 1 aromatic carbocycles. The molecule has 35 heavy (non-hydrogen) atoms. The summed E-state index contributed by atoms with van der Waals surface area (Å²) < 4.78 is 19.1. The minimum absolute atomic E-state index is 0.137. The lowest BCUT2D eigenvalue weighted by Gasteiger charge is -2.22. The summed E-state index contributed by atoms with van der Waals surface area (Å²) >= 11 is 1.14. The van der Waals surface area contributed by atoms with Gasteiger partial charge in [-0.1, -0.05) is 12.1 Å². The van der Waals surface area contributed by atoms with Crippen LogP contribution >= 0.6 is 11.3 Å². The van der Waals surface area contributed by atoms with Gasteiger partial charge in [0, 0.05) is 23.8 Å². The summed E-state index contributed by atoms with van der Waals surface area (Å²) in [6.07, 6.45) is 5.87. The molecule has 1 saturated heterocycles. The number of thiophene rings is 1. The van der Waals surface area contributed by atoms with Gasteiger partial charge in [-0.05, 0) is 43.0 Å². The second kappa shape index (κ2) is 10.9. The molecule has 3 aromatic rings. The number of carbonyl (C=O) groups excluding carboxylic acids is 3. The molecule has 4 rings (SSSR count). The van der Waals surface area contributed by atoms with Crippen LogP contribution in [0.5, 0.6) is 0 Å². The number of hydrogen-bond acceptors (Lipinski definition) is 7. The first-order chi connectivity index (χ1) is 16.9. The van der Waals surface area contributed by atoms with Crippen LogP contribution in [0, 0.1) is 5.82 Å². The standard InChI is InChI=1S/C23H23FN6O4S/c24-15-6-4-14(5-7-15)18-11-17(20(35-18)29-23(33)28-19-12-26-8-9-27-19)21(31)34-16-3-1-2-10-30(13-16)22(25)32/h4-9,11-12,16H,1-3,10,13H2,(H2,25,32)(H2,27,28,29,33). The van der Waals surface area contributed by atoms with Crippen molar-refractivity contribution in [2.45, 2.75) is 25.4 Å². The van der Waals surface area contributed by atoms with E-state index < -0.39 is 24.1 Å². The Morgan fingerprint density at radius 2 is 1.94 bits per heavy atom. The van der Waals surface area contributed by atoms with E-state index in [1.165, 1.54) is 35.6 Å². The first kappa shape index (κ1) is 24.1. The predicted octanol–water partition coefficient (Wildman–Crippen LogP) is 4.08. The highest BCUT2D eigenvalue weighted by Gasteiger charge is 2.27. The fourth-order valence-corrected chi connectivity index (χ4v) is 4.67. The van der Waals surface area contributed by atoms with E-state index in [4.69, 9.17) is 10.5 Å². The zero-order valence-electron chi connectivity index (χ0n) is 18.6. The summed E-state index contributed by atoms with van der Waals surface area (Å²) in [7, 11) is 0. The Morgan fingerprint density at radius 3 is 2.66 bits per heavy atom. The second-order valence-corrected chi connectivity index (χ2v) is 8.89. The molecule has 0 bridgehead atoms. The van der Waals surface area contributed by atoms with Crippen molar-refractivity contribution in [1.82, 2.24) is 14.9 Å². The van der Waals surface area contributed by atoms with Gasteiger partial charge in [0.25, 0.3) is 0 Å². The van der Waals surface area contributed by atoms with Crippen LogP contribution < -0.4 is 16.4 Å². The lowest BCUT2D eigenvalue weighted by Crippen LogP contribution is -2.41. The minimum Gasteiger partial charge on any atom is -0.457 e. The van der Waals surface area contributed by atoms with Crippen LogP contribution in [0.2, 0.25) is 0 Å². The predicted molar refractivity (Wildman–Crippen MR) is 129 cm³/mol. The normalized spacial score (nSPS) is 15.7. The van der Waals surface area contributed by atoms with E-state index in [0.717, 1.165) is 24.2 Å². The fraction of sp³-hybridized carbons (Fsp3) is 0.261. The Kier molecular flexibility index (Phi) is 7.51. The molecule has 1 aliphatic heterocycles. The molecule has 1 atom stereocenters. The molecule has 0 spiro atoms. The number of nitrogens with one attached hydrogen (secondary N) is 2. The van der Waals surface area contributed by atoms with Gasteiger partial charge in [-0.3, -0.25) is 15.6 Å². The van der Waals surface area contributed by atoms with Crippen molar-refractivity contribution in [1.29, 1.82) is 0 Å². The molecule has 1 aliphatic rings. The lowest BCUT2D eigenvalue weighted by molar-refractivity contribution is 0.0242. The van der Waals surface area contributed by atoms with Crippen molar-refractivity contribution >= 4 is 40.2 Å². The second-order valence-electron chi connectivity index (χ2n) is 7.84. The van der Waals surface area contributed by atoms with E-state index in [9.17, 15) is 18.8 Å². The van der Waals surface area contributed by atoms with Gasteiger partial charge in [-0.15, -0.1) is 11.3 Å². The SMILES string of the molecule is NC(=O)N1CCCCC(OC(=O)c2cc(-c3ccc(F)cc3)sc2NC(=O)Nc2cnccn2)C1. The molecular weight excluding hydrogens is 475 g/mol. The van der Waals surface area contributed by atoms with Crippen molar-refractivity contribution in [3.63, 3.8) is 0 Å². The number of esters is 1. The molecular formula is C23H23FN6O4S. The first-order valence-corrected chi connectivity index (χ1v) is 11.7. The third-order valence-electron chi connectivity index (χ3n) is 5.33. The van der Waals surface area contributed by atoms with E-state index in [0.29, 0.717) is 23.4 Å². The highest BCUT2D eigenvalue weighted by atomic mass is 32.1. The average molecular weight is 499 g/mol. The van der Waals surface area contributed by atoms with E-state index in [1.54, 1.807) is 18.2 Å². The first-order valence-electron chi connectivity index (χ1n) is 10.9. The number of nitrogens with two attached hydrogens (primary N) is 1. The van der Waals surface area contributed by atoms with Crippen LogP contribution in [0.1, 0.15) is 29.6 Å². The monoisotopic (exact) mass is 498 g/mol. The zero-order valence-corrected chi connectivity index (χ0v) is 19.4. The summed E-state index contributed by atoms with van der Waals surface area (Å²) in [5, 5.41) is 5.45. The van der Waals surface area contributed by atoms with Crippen LogP contribution in [-0.2, 0) is 4.74 Å². The van der Waals surface area contributed by atoms with Crippen molar-refractivity contribution in [3.8, 4) is 10.4 Å². The van der Waals surface area contributed by atoms with Gasteiger partial charge in [0.15, 0.2) is 5.82 Å². The van der Waals surface area contributed by atoms with Crippen molar-refractivity contribution in [2.75, 3.05) is 23.7 Å². The van der Waals surface area contributed by atoms with Crippen molar-refractivity contribution in [2.24, 2.45) is 5.73 Å². The molecule has 0 saturated carbocycles. The minimum atomic E-state index is -0.652. The molecule has 3 heterocycles. The third-order valence-corrected chi connectivity index (χ3v) is 6.43. The summed E-state index contributed by atoms with van der Waals surface area (Å²) in [6.45, 7) is 0.706. The number of amides is 4. The lowest BCUT2D eigenvalue weighted by atomic mass is 10.1. The van der Waals surface area contributed by atoms with E-state index in [-0.39, 0.29) is 28.7 Å². The molecule has 12 heteroatoms. The van der Waals surface area contributed by atoms with E-state index in [1.807, 2.05) is 0 Å². The number of carbonyl (C=O) groups is 3. The topological polar surface area (TPSA) is 140 Å². The summed E-state index contributed by atoms with van der Waals surface area (Å²) in [5.74, 6) is -0.811. The van der Waals surface area contributed by atoms with Crippen LogP contribution in [0.25, 0.3) is 10.4 Å². The molecule has 1 unspecified atom stereocenters. The number of rotatable bonds is 5. The number of hydrogen-bond donors (Lipinski definition) is 3. The smallest absolute Gasteiger partial charge is 0.341 e. The Labute approximate surface area is 204 Å². The number of benzene rings is 1. The molecule has 1 fully saturated rings. The maximum Gasteiger partial charge on any atom is 0.341 e. The summed E-state index contributed by atoms with van der Waals surface area (Å²) in [4.78, 5) is 47.3. The number of anilines is 2. The highest BCUT2D eigenvalue weighted by Crippen LogP contribution is 2.36. The molecule has 0 radical (unpaired) electrons. The average Bonchev–Trinajstić information content (AvgIpc) is 3.10. The maximum atomic E-state index is 13.4. The molecule has 2 aromatic heterocycles. The summed E-state index contributed by atoms with van der Waals surface area (Å²) in [6, 6.07) is 6.17. The Morgan fingerprint density at radius 1 is 1.14 bits per heavy atom. The van der Waals surface area contributed by atoms with Gasteiger partial charge in [-0.25, -0.2) is 23.8 Å². The van der Waals surface area contributed by atoms with Gasteiger partial charge in [0.1, 0.15) is 16.9 Å². The molecule has 182 valence electrons. The van der Waals surface area contributed by atoms with E-state index >= 15 is 0 Å². The Balaban J connectivity index is 1.57. The van der Waals surface area contributed by atoms with Gasteiger partial charge in [0.05, 0.1) is 18.3 Å². The molecule has 4 amide bonds. The number of primary amides is 1. The van der Waals surface area contributed by atoms with E-state index in [2.05, 4.69) is 20.6 Å². The van der Waals surface area contributed by atoms with Crippen LogP contribution in [0.4, 0.5) is 24.8 Å². The quantitative estimate of drug-likeness (QED) is 0.453. The molecule has 10 nitrogen and oxygen atoms in total. The molecule has 0 aliphatic carbocycles. The van der Waals surface area contributed by atoms with Crippen molar-refractivity contribution < 1.29 is 23.5 Å². The fourth-order valence-electron chi connectivity index (χ4n) is 3.62. The maximum absolute atomic E-state index is 13.4. The van der Waals surface area contributed by atoms with Gasteiger partial charge >= 0.3 is 18.0 Å². The number of nitrogens with zero attached hydrogens (tertiary/aromatic N) is 3. The van der Waals surface area contributed by atoms with Crippen molar-refractivity contribution in [3.05, 3.63) is 60.3 Å². The largest absolute Gasteiger partial charge is 0.457 e. The number of ether oxygens (including phenoxy) is 1. The Hall–Kier alpha value is -4.06. The summed E-state index contributed by atoms with van der Waals surface area (Å²) in [5.41, 5.74) is 6.23. The van der Waals surface area contributed by atoms with Gasteiger partial charge in [0.2, 0.25) is 0 Å².